The standard InChI is InChI=1S/C12H23N3O/c1-14(2)11-4-7-15(8-5-11)12(16)10-3-6-13-9-10/h10-11,13H,3-9H2,1-2H3. The molecular formula is C12H23N3O. The first-order valence-corrected chi connectivity index (χ1v) is 6.34. The van der Waals surface area contributed by atoms with Crippen LogP contribution in [-0.2, 0) is 4.79 Å². The molecule has 1 N–H and O–H groups in total. The Bertz CT molecular complexity index is 241. The molecule has 2 aliphatic rings. The normalized spacial score (nSPS) is 27.7. The van der Waals surface area contributed by atoms with Crippen molar-refractivity contribution < 1.29 is 4.79 Å². The third kappa shape index (κ3) is 2.55. The summed E-state index contributed by atoms with van der Waals surface area (Å²) in [6, 6.07) is 0.658. The summed E-state index contributed by atoms with van der Waals surface area (Å²) in [7, 11) is 4.26. The summed E-state index contributed by atoms with van der Waals surface area (Å²) >= 11 is 0. The number of nitrogens with zero attached hydrogens (tertiary/aromatic N) is 2. The summed E-state index contributed by atoms with van der Waals surface area (Å²) in [6.45, 7) is 3.77. The van der Waals surface area contributed by atoms with Gasteiger partial charge >= 0.3 is 0 Å². The molecule has 2 aliphatic heterocycles. The van der Waals surface area contributed by atoms with Crippen LogP contribution < -0.4 is 5.32 Å². The first kappa shape index (κ1) is 11.9. The molecule has 0 bridgehead atoms. The minimum atomic E-state index is 0.246. The van der Waals surface area contributed by atoms with Crippen molar-refractivity contribution in [2.24, 2.45) is 5.92 Å². The van der Waals surface area contributed by atoms with Crippen molar-refractivity contribution in [1.29, 1.82) is 0 Å². The highest BCUT2D eigenvalue weighted by molar-refractivity contribution is 5.79. The van der Waals surface area contributed by atoms with Crippen LogP contribution in [-0.4, -0.2) is 62.0 Å². The lowest BCUT2D eigenvalue weighted by Crippen LogP contribution is -2.46. The largest absolute Gasteiger partial charge is 0.342 e. The van der Waals surface area contributed by atoms with Crippen molar-refractivity contribution in [3.8, 4) is 0 Å². The molecule has 2 saturated heterocycles. The molecule has 2 heterocycles. The van der Waals surface area contributed by atoms with E-state index in [1.165, 1.54) is 0 Å². The van der Waals surface area contributed by atoms with Crippen LogP contribution in [0.15, 0.2) is 0 Å². The molecular weight excluding hydrogens is 202 g/mol. The van der Waals surface area contributed by atoms with E-state index in [-0.39, 0.29) is 5.92 Å². The molecule has 4 heteroatoms. The average Bonchev–Trinajstić information content (AvgIpc) is 2.81. The number of likely N-dealkylation sites (tertiary alicyclic amines) is 1. The summed E-state index contributed by atoms with van der Waals surface area (Å²) in [4.78, 5) is 16.5. The van der Waals surface area contributed by atoms with Crippen molar-refractivity contribution in [3.63, 3.8) is 0 Å². The maximum atomic E-state index is 12.1. The van der Waals surface area contributed by atoms with Gasteiger partial charge in [0, 0.05) is 25.7 Å². The Labute approximate surface area is 98.0 Å². The highest BCUT2D eigenvalue weighted by atomic mass is 16.2. The highest BCUT2D eigenvalue weighted by Gasteiger charge is 2.30. The van der Waals surface area contributed by atoms with Gasteiger partial charge in [-0.1, -0.05) is 0 Å². The third-order valence-electron chi connectivity index (χ3n) is 3.92. The van der Waals surface area contributed by atoms with Crippen LogP contribution in [0, 0.1) is 5.92 Å². The summed E-state index contributed by atoms with van der Waals surface area (Å²) in [5, 5.41) is 3.26. The van der Waals surface area contributed by atoms with Gasteiger partial charge in [0.1, 0.15) is 0 Å². The summed E-state index contributed by atoms with van der Waals surface area (Å²) in [5.74, 6) is 0.623. The van der Waals surface area contributed by atoms with Crippen molar-refractivity contribution in [3.05, 3.63) is 0 Å². The Balaban J connectivity index is 1.81. The lowest BCUT2D eigenvalue weighted by Gasteiger charge is -2.36. The van der Waals surface area contributed by atoms with Crippen LogP contribution in [0.2, 0.25) is 0 Å². The van der Waals surface area contributed by atoms with E-state index in [1.807, 2.05) is 0 Å². The number of piperidine rings is 1. The Hall–Kier alpha value is -0.610. The van der Waals surface area contributed by atoms with Gasteiger partial charge in [-0.2, -0.15) is 0 Å². The maximum absolute atomic E-state index is 12.1. The molecule has 0 radical (unpaired) electrons. The smallest absolute Gasteiger partial charge is 0.227 e. The molecule has 4 nitrogen and oxygen atoms in total. The van der Waals surface area contributed by atoms with E-state index >= 15 is 0 Å². The average molecular weight is 225 g/mol. The Morgan fingerprint density at radius 3 is 2.44 bits per heavy atom. The topological polar surface area (TPSA) is 35.6 Å². The molecule has 0 aromatic rings. The molecule has 16 heavy (non-hydrogen) atoms. The molecule has 1 unspecified atom stereocenters. The van der Waals surface area contributed by atoms with E-state index < -0.39 is 0 Å². The fourth-order valence-electron chi connectivity index (χ4n) is 2.73. The molecule has 0 saturated carbocycles. The molecule has 0 spiro atoms. The molecule has 0 aromatic carbocycles. The quantitative estimate of drug-likeness (QED) is 0.726. The SMILES string of the molecule is CN(C)C1CCN(C(=O)C2CCNC2)CC1. The summed E-state index contributed by atoms with van der Waals surface area (Å²) in [5.41, 5.74) is 0. The second-order valence-corrected chi connectivity index (χ2v) is 5.21. The monoisotopic (exact) mass is 225 g/mol. The van der Waals surface area contributed by atoms with Crippen molar-refractivity contribution in [2.45, 2.75) is 25.3 Å². The first-order chi connectivity index (χ1) is 7.68. The van der Waals surface area contributed by atoms with Gasteiger partial charge in [-0.15, -0.1) is 0 Å². The van der Waals surface area contributed by atoms with Gasteiger partial charge in [0.15, 0.2) is 0 Å². The molecule has 92 valence electrons. The minimum Gasteiger partial charge on any atom is -0.342 e. The number of amides is 1. The van der Waals surface area contributed by atoms with Gasteiger partial charge < -0.3 is 15.1 Å². The van der Waals surface area contributed by atoms with Gasteiger partial charge in [-0.3, -0.25) is 4.79 Å². The molecule has 1 amide bonds. The summed E-state index contributed by atoms with van der Waals surface area (Å²) in [6.07, 6.45) is 3.27. The lowest BCUT2D eigenvalue weighted by atomic mass is 10.0. The van der Waals surface area contributed by atoms with E-state index in [4.69, 9.17) is 0 Å². The molecule has 0 aliphatic carbocycles. The zero-order valence-electron chi connectivity index (χ0n) is 10.4. The second kappa shape index (κ2) is 5.15. The second-order valence-electron chi connectivity index (χ2n) is 5.21. The van der Waals surface area contributed by atoms with Crippen molar-refractivity contribution >= 4 is 5.91 Å². The predicted octanol–water partition coefficient (Wildman–Crippen LogP) is 0.149. The fraction of sp³-hybridized carbons (Fsp3) is 0.917. The summed E-state index contributed by atoms with van der Waals surface area (Å²) < 4.78 is 0. The number of carbonyl (C=O) groups is 1. The van der Waals surface area contributed by atoms with Gasteiger partial charge in [-0.25, -0.2) is 0 Å². The zero-order chi connectivity index (χ0) is 11.5. The van der Waals surface area contributed by atoms with E-state index in [9.17, 15) is 4.79 Å². The van der Waals surface area contributed by atoms with Gasteiger partial charge in [0.25, 0.3) is 0 Å². The van der Waals surface area contributed by atoms with Gasteiger partial charge in [0.2, 0.25) is 5.91 Å². The number of carbonyl (C=O) groups excluding carboxylic acids is 1. The molecule has 2 rings (SSSR count). The van der Waals surface area contributed by atoms with Crippen molar-refractivity contribution in [1.82, 2.24) is 15.1 Å². The van der Waals surface area contributed by atoms with Crippen LogP contribution in [0.3, 0.4) is 0 Å². The number of hydrogen-bond acceptors (Lipinski definition) is 3. The minimum absolute atomic E-state index is 0.246. The predicted molar refractivity (Wildman–Crippen MR) is 64.3 cm³/mol. The van der Waals surface area contributed by atoms with E-state index in [0.717, 1.165) is 45.4 Å². The number of hydrogen-bond donors (Lipinski definition) is 1. The van der Waals surface area contributed by atoms with E-state index in [0.29, 0.717) is 11.9 Å². The van der Waals surface area contributed by atoms with Gasteiger partial charge in [-0.05, 0) is 39.9 Å². The Morgan fingerprint density at radius 1 is 1.25 bits per heavy atom. The Morgan fingerprint density at radius 2 is 1.94 bits per heavy atom. The molecule has 0 aromatic heterocycles. The van der Waals surface area contributed by atoms with Crippen LogP contribution in [0.25, 0.3) is 0 Å². The van der Waals surface area contributed by atoms with E-state index in [1.54, 1.807) is 0 Å². The van der Waals surface area contributed by atoms with Gasteiger partial charge in [0.05, 0.1) is 5.92 Å². The Kier molecular flexibility index (Phi) is 3.82. The number of rotatable bonds is 2. The molecule has 1 atom stereocenters. The van der Waals surface area contributed by atoms with Crippen LogP contribution in [0.5, 0.6) is 0 Å². The third-order valence-corrected chi connectivity index (χ3v) is 3.92. The van der Waals surface area contributed by atoms with E-state index in [2.05, 4.69) is 29.2 Å². The number of nitrogens with one attached hydrogen (secondary N) is 1. The highest BCUT2D eigenvalue weighted by Crippen LogP contribution is 2.18. The van der Waals surface area contributed by atoms with Crippen LogP contribution >= 0.6 is 0 Å². The van der Waals surface area contributed by atoms with Crippen LogP contribution in [0.1, 0.15) is 19.3 Å². The first-order valence-electron chi connectivity index (χ1n) is 6.34. The lowest BCUT2D eigenvalue weighted by molar-refractivity contribution is -0.136. The van der Waals surface area contributed by atoms with Crippen molar-refractivity contribution in [2.75, 3.05) is 40.3 Å². The molecule has 2 fully saturated rings. The van der Waals surface area contributed by atoms with Crippen LogP contribution in [0.4, 0.5) is 0 Å². The maximum Gasteiger partial charge on any atom is 0.227 e. The zero-order valence-corrected chi connectivity index (χ0v) is 10.4. The fourth-order valence-corrected chi connectivity index (χ4v) is 2.73.